The molecule has 2 rings (SSSR count). The summed E-state index contributed by atoms with van der Waals surface area (Å²) in [4.78, 5) is 0. The summed E-state index contributed by atoms with van der Waals surface area (Å²) in [5.41, 5.74) is 2.57. The van der Waals surface area contributed by atoms with Crippen molar-refractivity contribution in [1.29, 1.82) is 0 Å². The van der Waals surface area contributed by atoms with Crippen LogP contribution in [-0.4, -0.2) is 15.1 Å². The van der Waals surface area contributed by atoms with E-state index in [0.717, 1.165) is 29.2 Å². The molecule has 0 aliphatic heterocycles. The second-order valence-corrected chi connectivity index (χ2v) is 5.67. The predicted molar refractivity (Wildman–Crippen MR) is 77.6 cm³/mol. The SMILES string of the molecule is BrCCCc1cnn(Cc2ccc(Br)cc2)c1. The van der Waals surface area contributed by atoms with Gasteiger partial charge in [-0.15, -0.1) is 0 Å². The summed E-state index contributed by atoms with van der Waals surface area (Å²) in [6, 6.07) is 8.35. The predicted octanol–water partition coefficient (Wildman–Crippen LogP) is 4.02. The highest BCUT2D eigenvalue weighted by atomic mass is 79.9. The molecule has 0 saturated heterocycles. The number of benzene rings is 1. The van der Waals surface area contributed by atoms with E-state index in [9.17, 15) is 0 Å². The molecule has 1 heterocycles. The summed E-state index contributed by atoms with van der Waals surface area (Å²) >= 11 is 6.88. The highest BCUT2D eigenvalue weighted by Gasteiger charge is 1.99. The normalized spacial score (nSPS) is 10.7. The molecule has 0 radical (unpaired) electrons. The molecule has 2 nitrogen and oxygen atoms in total. The molecule has 0 amide bonds. The van der Waals surface area contributed by atoms with E-state index in [-0.39, 0.29) is 0 Å². The van der Waals surface area contributed by atoms with Crippen molar-refractivity contribution >= 4 is 31.9 Å². The van der Waals surface area contributed by atoms with Crippen molar-refractivity contribution in [2.75, 3.05) is 5.33 Å². The average molecular weight is 358 g/mol. The molecule has 1 aromatic carbocycles. The molecule has 0 spiro atoms. The molecular weight excluding hydrogens is 344 g/mol. The number of aryl methyl sites for hydroxylation is 1. The van der Waals surface area contributed by atoms with Crippen LogP contribution in [0.5, 0.6) is 0 Å². The summed E-state index contributed by atoms with van der Waals surface area (Å²) in [6.07, 6.45) is 6.34. The summed E-state index contributed by atoms with van der Waals surface area (Å²) in [5.74, 6) is 0. The van der Waals surface area contributed by atoms with Crippen molar-refractivity contribution in [2.45, 2.75) is 19.4 Å². The number of hydrogen-bond acceptors (Lipinski definition) is 1. The van der Waals surface area contributed by atoms with Gasteiger partial charge < -0.3 is 0 Å². The minimum absolute atomic E-state index is 0.835. The third-order valence-corrected chi connectivity index (χ3v) is 3.63. The van der Waals surface area contributed by atoms with Gasteiger partial charge in [0.05, 0.1) is 12.7 Å². The maximum absolute atomic E-state index is 4.38. The molecule has 0 aliphatic rings. The van der Waals surface area contributed by atoms with Crippen LogP contribution in [0.4, 0.5) is 0 Å². The molecule has 0 saturated carbocycles. The Hall–Kier alpha value is -0.610. The number of rotatable bonds is 5. The van der Waals surface area contributed by atoms with Crippen LogP contribution in [0.15, 0.2) is 41.1 Å². The van der Waals surface area contributed by atoms with Crippen LogP contribution in [0.1, 0.15) is 17.5 Å². The van der Waals surface area contributed by atoms with Gasteiger partial charge in [-0.25, -0.2) is 0 Å². The van der Waals surface area contributed by atoms with E-state index >= 15 is 0 Å². The fourth-order valence-corrected chi connectivity index (χ4v) is 2.21. The summed E-state index contributed by atoms with van der Waals surface area (Å²) < 4.78 is 3.10. The second kappa shape index (κ2) is 6.36. The van der Waals surface area contributed by atoms with Crippen molar-refractivity contribution < 1.29 is 0 Å². The lowest BCUT2D eigenvalue weighted by Crippen LogP contribution is -1.99. The van der Waals surface area contributed by atoms with Crippen LogP contribution >= 0.6 is 31.9 Å². The molecular formula is C13H14Br2N2. The molecule has 2 aromatic rings. The molecule has 17 heavy (non-hydrogen) atoms. The van der Waals surface area contributed by atoms with Gasteiger partial charge in [-0.3, -0.25) is 4.68 Å². The van der Waals surface area contributed by atoms with E-state index in [0.29, 0.717) is 0 Å². The molecule has 0 fully saturated rings. The Balaban J connectivity index is 1.98. The average Bonchev–Trinajstić information content (AvgIpc) is 2.77. The fraction of sp³-hybridized carbons (Fsp3) is 0.308. The molecule has 90 valence electrons. The lowest BCUT2D eigenvalue weighted by Gasteiger charge is -2.01. The summed E-state index contributed by atoms with van der Waals surface area (Å²) in [5, 5.41) is 5.42. The molecule has 0 bridgehead atoms. The van der Waals surface area contributed by atoms with Gasteiger partial charge in [0.15, 0.2) is 0 Å². The molecule has 0 aliphatic carbocycles. The number of halogens is 2. The van der Waals surface area contributed by atoms with Gasteiger partial charge in [-0.05, 0) is 36.1 Å². The molecule has 0 atom stereocenters. The van der Waals surface area contributed by atoms with Crippen molar-refractivity contribution in [1.82, 2.24) is 9.78 Å². The topological polar surface area (TPSA) is 17.8 Å². The lowest BCUT2D eigenvalue weighted by molar-refractivity contribution is 0.686. The largest absolute Gasteiger partial charge is 0.268 e. The van der Waals surface area contributed by atoms with E-state index in [2.05, 4.69) is 67.4 Å². The second-order valence-electron chi connectivity index (χ2n) is 3.97. The third kappa shape index (κ3) is 3.96. The van der Waals surface area contributed by atoms with Crippen LogP contribution in [0.25, 0.3) is 0 Å². The van der Waals surface area contributed by atoms with Gasteiger partial charge in [-0.1, -0.05) is 44.0 Å². The van der Waals surface area contributed by atoms with Crippen molar-refractivity contribution in [3.8, 4) is 0 Å². The highest BCUT2D eigenvalue weighted by molar-refractivity contribution is 9.10. The first-order valence-corrected chi connectivity index (χ1v) is 7.51. The van der Waals surface area contributed by atoms with Gasteiger partial charge in [0.2, 0.25) is 0 Å². The Bertz CT molecular complexity index is 463. The van der Waals surface area contributed by atoms with Gasteiger partial charge in [0.1, 0.15) is 0 Å². The first-order chi connectivity index (χ1) is 8.28. The Morgan fingerprint density at radius 3 is 2.59 bits per heavy atom. The van der Waals surface area contributed by atoms with Gasteiger partial charge in [0.25, 0.3) is 0 Å². The zero-order chi connectivity index (χ0) is 12.1. The first kappa shape index (κ1) is 12.8. The third-order valence-electron chi connectivity index (χ3n) is 2.54. The van der Waals surface area contributed by atoms with Crippen LogP contribution in [0.2, 0.25) is 0 Å². The molecule has 4 heteroatoms. The molecule has 0 unspecified atom stereocenters. The van der Waals surface area contributed by atoms with Crippen LogP contribution in [-0.2, 0) is 13.0 Å². The Labute approximate surface area is 118 Å². The van der Waals surface area contributed by atoms with Gasteiger partial charge in [0, 0.05) is 16.0 Å². The van der Waals surface area contributed by atoms with E-state index in [4.69, 9.17) is 0 Å². The van der Waals surface area contributed by atoms with Crippen LogP contribution in [0.3, 0.4) is 0 Å². The first-order valence-electron chi connectivity index (χ1n) is 5.59. The van der Waals surface area contributed by atoms with Crippen LogP contribution in [0, 0.1) is 0 Å². The number of hydrogen-bond donors (Lipinski definition) is 0. The number of nitrogens with zero attached hydrogens (tertiary/aromatic N) is 2. The number of aromatic nitrogens is 2. The molecule has 1 aromatic heterocycles. The molecule has 0 N–H and O–H groups in total. The lowest BCUT2D eigenvalue weighted by atomic mass is 10.2. The highest BCUT2D eigenvalue weighted by Crippen LogP contribution is 2.12. The number of alkyl halides is 1. The summed E-state index contributed by atoms with van der Waals surface area (Å²) in [6.45, 7) is 0.835. The fourth-order valence-electron chi connectivity index (χ4n) is 1.67. The maximum atomic E-state index is 4.38. The smallest absolute Gasteiger partial charge is 0.0659 e. The monoisotopic (exact) mass is 356 g/mol. The van der Waals surface area contributed by atoms with Gasteiger partial charge >= 0.3 is 0 Å². The zero-order valence-electron chi connectivity index (χ0n) is 9.44. The van der Waals surface area contributed by atoms with Crippen molar-refractivity contribution in [3.63, 3.8) is 0 Å². The van der Waals surface area contributed by atoms with E-state index < -0.39 is 0 Å². The zero-order valence-corrected chi connectivity index (χ0v) is 12.6. The van der Waals surface area contributed by atoms with Crippen LogP contribution < -0.4 is 0 Å². The van der Waals surface area contributed by atoms with Crippen molar-refractivity contribution in [2.24, 2.45) is 0 Å². The summed E-state index contributed by atoms with van der Waals surface area (Å²) in [7, 11) is 0. The van der Waals surface area contributed by atoms with E-state index in [1.807, 2.05) is 10.9 Å². The quantitative estimate of drug-likeness (QED) is 0.739. The Morgan fingerprint density at radius 2 is 1.88 bits per heavy atom. The minimum Gasteiger partial charge on any atom is -0.268 e. The van der Waals surface area contributed by atoms with Gasteiger partial charge in [-0.2, -0.15) is 5.10 Å². The Morgan fingerprint density at radius 1 is 1.12 bits per heavy atom. The standard InChI is InChI=1S/C13H14Br2N2/c14-7-1-2-12-8-16-17(10-12)9-11-3-5-13(15)6-4-11/h3-6,8,10H,1-2,7,9H2. The van der Waals surface area contributed by atoms with Crippen molar-refractivity contribution in [3.05, 3.63) is 52.3 Å². The van der Waals surface area contributed by atoms with E-state index in [1.54, 1.807) is 0 Å². The van der Waals surface area contributed by atoms with E-state index in [1.165, 1.54) is 11.1 Å². The minimum atomic E-state index is 0.835. The maximum Gasteiger partial charge on any atom is 0.0659 e. The Kier molecular flexibility index (Phi) is 4.80.